The van der Waals surface area contributed by atoms with Gasteiger partial charge < -0.3 is 23.6 Å². The van der Waals surface area contributed by atoms with Crippen molar-refractivity contribution in [2.45, 2.75) is 55.9 Å². The number of H-pyrrole nitrogens is 1. The van der Waals surface area contributed by atoms with Crippen molar-refractivity contribution >= 4 is 8.53 Å². The Hall–Kier alpha value is -1.91. The van der Waals surface area contributed by atoms with E-state index in [1.807, 2.05) is 18.2 Å². The molecule has 10 nitrogen and oxygen atoms in total. The number of hydrogen-bond donors (Lipinski definition) is 2. The van der Waals surface area contributed by atoms with E-state index in [0.29, 0.717) is 0 Å². The fraction of sp³-hybridized carbons (Fsp3) is 0.545. The Labute approximate surface area is 192 Å². The number of rotatable bonds is 6. The lowest BCUT2D eigenvalue weighted by atomic mass is 9.87. The molecule has 0 bridgehead atoms. The van der Waals surface area contributed by atoms with Crippen LogP contribution in [0.3, 0.4) is 0 Å². The van der Waals surface area contributed by atoms with Gasteiger partial charge in [0.2, 0.25) is 0 Å². The highest BCUT2D eigenvalue weighted by molar-refractivity contribution is 7.45. The fourth-order valence-corrected chi connectivity index (χ4v) is 7.22. The van der Waals surface area contributed by atoms with Crippen molar-refractivity contribution in [3.05, 3.63) is 69.0 Å². The van der Waals surface area contributed by atoms with E-state index >= 15 is 0 Å². The molecule has 0 amide bonds. The van der Waals surface area contributed by atoms with Gasteiger partial charge >= 0.3 is 5.69 Å². The van der Waals surface area contributed by atoms with Crippen molar-refractivity contribution in [1.29, 1.82) is 0 Å². The van der Waals surface area contributed by atoms with Gasteiger partial charge in [0, 0.05) is 25.9 Å². The molecule has 0 spiro atoms. The van der Waals surface area contributed by atoms with E-state index < -0.39 is 49.9 Å². The van der Waals surface area contributed by atoms with Gasteiger partial charge in [0.15, 0.2) is 6.23 Å². The molecule has 2 aromatic rings. The van der Waals surface area contributed by atoms with Crippen LogP contribution in [-0.2, 0) is 24.1 Å². The molecule has 2 N–H and O–H groups in total. The quantitative estimate of drug-likeness (QED) is 0.601. The molecular formula is C22H28N3O7P. The number of aliphatic hydroxyl groups excluding tert-OH is 1. The van der Waals surface area contributed by atoms with E-state index in [1.165, 1.54) is 23.9 Å². The molecule has 7 atom stereocenters. The van der Waals surface area contributed by atoms with Gasteiger partial charge in [-0.2, -0.15) is 0 Å². The summed E-state index contributed by atoms with van der Waals surface area (Å²) in [4.78, 5) is 26.1. The summed E-state index contributed by atoms with van der Waals surface area (Å²) in [6, 6.07) is 11.6. The molecule has 3 aliphatic heterocycles. The highest BCUT2D eigenvalue weighted by atomic mass is 31.2. The van der Waals surface area contributed by atoms with Gasteiger partial charge in [0.1, 0.15) is 23.9 Å². The molecule has 5 rings (SSSR count). The predicted molar refractivity (Wildman–Crippen MR) is 120 cm³/mol. The summed E-state index contributed by atoms with van der Waals surface area (Å²) in [6.07, 6.45) is 0.446. The van der Waals surface area contributed by atoms with E-state index in [0.717, 1.165) is 24.9 Å². The number of aliphatic hydroxyl groups is 1. The minimum absolute atomic E-state index is 0.180. The van der Waals surface area contributed by atoms with Crippen LogP contribution >= 0.6 is 8.53 Å². The molecule has 3 fully saturated rings. The summed E-state index contributed by atoms with van der Waals surface area (Å²) in [5.74, 6) is 0. The van der Waals surface area contributed by atoms with E-state index in [9.17, 15) is 14.7 Å². The first kappa shape index (κ1) is 22.9. The number of hydrogen-bond acceptors (Lipinski definition) is 8. The van der Waals surface area contributed by atoms with E-state index in [2.05, 4.69) is 28.7 Å². The lowest BCUT2D eigenvalue weighted by Gasteiger charge is -2.29. The Bertz CT molecular complexity index is 1100. The standard InChI is InChI=1S/C22H28N3O7P/c1-22(14-7-4-3-5-8-14)16-9-6-11-25(16)33(32-22)31-18-15(13-26)30-20(19(18)29-2)24-12-10-17(27)23-21(24)28/h3-5,7-8,10,12,15-16,18-20,26H,6,9,11,13H2,1-2H3,(H,23,27,28)/t15-,16-,18?,19+,20-,22+,33-/m1/s1. The van der Waals surface area contributed by atoms with E-state index in [4.69, 9.17) is 18.5 Å². The molecule has 178 valence electrons. The molecule has 0 saturated carbocycles. The van der Waals surface area contributed by atoms with Gasteiger partial charge in [0.05, 0.1) is 12.6 Å². The number of aromatic nitrogens is 2. The minimum atomic E-state index is -1.46. The number of nitrogens with zero attached hydrogens (tertiary/aromatic N) is 2. The van der Waals surface area contributed by atoms with Crippen LogP contribution in [0.1, 0.15) is 31.6 Å². The van der Waals surface area contributed by atoms with Crippen LogP contribution in [0.2, 0.25) is 0 Å². The topological polar surface area (TPSA) is 115 Å². The zero-order valence-electron chi connectivity index (χ0n) is 18.5. The lowest BCUT2D eigenvalue weighted by Crippen LogP contribution is -2.40. The van der Waals surface area contributed by atoms with Crippen LogP contribution < -0.4 is 11.2 Å². The Kier molecular flexibility index (Phi) is 6.26. The molecule has 11 heteroatoms. The van der Waals surface area contributed by atoms with Crippen LogP contribution in [0.5, 0.6) is 0 Å². The zero-order valence-corrected chi connectivity index (χ0v) is 19.4. The number of methoxy groups -OCH3 is 1. The van der Waals surface area contributed by atoms with Gasteiger partial charge in [-0.3, -0.25) is 14.3 Å². The molecular weight excluding hydrogens is 449 g/mol. The normalized spacial score (nSPS) is 36.3. The first-order valence-electron chi connectivity index (χ1n) is 11.0. The van der Waals surface area contributed by atoms with Gasteiger partial charge in [0.25, 0.3) is 14.1 Å². The molecule has 3 saturated heterocycles. The summed E-state index contributed by atoms with van der Waals surface area (Å²) in [5, 5.41) is 10.0. The van der Waals surface area contributed by atoms with Crippen molar-refractivity contribution in [2.75, 3.05) is 20.3 Å². The second kappa shape index (κ2) is 9.03. The molecule has 0 radical (unpaired) electrons. The van der Waals surface area contributed by atoms with Crippen LogP contribution in [0, 0.1) is 0 Å². The first-order chi connectivity index (χ1) is 16.0. The summed E-state index contributed by atoms with van der Waals surface area (Å²) >= 11 is 0. The minimum Gasteiger partial charge on any atom is -0.394 e. The maximum Gasteiger partial charge on any atom is 0.330 e. The van der Waals surface area contributed by atoms with Gasteiger partial charge in [-0.1, -0.05) is 30.3 Å². The molecule has 1 aromatic carbocycles. The SMILES string of the molecule is CO[C@H]1C(O[P@]2O[C@@](C)(c3ccccc3)[C@H]3CCCN32)[C@@H](CO)O[C@H]1n1ccc(=O)[nH]c1=O. The number of benzene rings is 1. The molecule has 33 heavy (non-hydrogen) atoms. The Morgan fingerprint density at radius 1 is 1.24 bits per heavy atom. The van der Waals surface area contributed by atoms with Gasteiger partial charge in [-0.15, -0.1) is 0 Å². The summed E-state index contributed by atoms with van der Waals surface area (Å²) in [5.41, 5.74) is -0.545. The van der Waals surface area contributed by atoms with Crippen LogP contribution in [0.25, 0.3) is 0 Å². The summed E-state index contributed by atoms with van der Waals surface area (Å²) < 4.78 is 28.3. The number of ether oxygens (including phenoxy) is 2. The average Bonchev–Trinajstić information content (AvgIpc) is 3.50. The third-order valence-corrected chi connectivity index (χ3v) is 8.62. The van der Waals surface area contributed by atoms with Crippen molar-refractivity contribution in [3.63, 3.8) is 0 Å². The maximum absolute atomic E-state index is 12.4. The first-order valence-corrected chi connectivity index (χ1v) is 12.2. The number of nitrogens with one attached hydrogen (secondary N) is 1. The molecule has 0 aliphatic carbocycles. The third kappa shape index (κ3) is 3.89. The number of aromatic amines is 1. The fourth-order valence-electron chi connectivity index (χ4n) is 5.07. The highest BCUT2D eigenvalue weighted by Gasteiger charge is 2.57. The largest absolute Gasteiger partial charge is 0.394 e. The highest BCUT2D eigenvalue weighted by Crippen LogP contribution is 2.64. The molecule has 3 aliphatic rings. The van der Waals surface area contributed by atoms with Crippen LogP contribution in [0.15, 0.2) is 52.2 Å². The second-order valence-corrected chi connectivity index (χ2v) is 10.0. The number of fused-ring (bicyclic) bond motifs is 1. The van der Waals surface area contributed by atoms with Crippen molar-refractivity contribution in [3.8, 4) is 0 Å². The Balaban J connectivity index is 1.43. The van der Waals surface area contributed by atoms with Crippen LogP contribution in [0.4, 0.5) is 0 Å². The Morgan fingerprint density at radius 3 is 2.73 bits per heavy atom. The van der Waals surface area contributed by atoms with Gasteiger partial charge in [-0.05, 0) is 25.3 Å². The monoisotopic (exact) mass is 477 g/mol. The van der Waals surface area contributed by atoms with Crippen molar-refractivity contribution in [1.82, 2.24) is 14.2 Å². The maximum atomic E-state index is 12.4. The second-order valence-electron chi connectivity index (χ2n) is 8.66. The van der Waals surface area contributed by atoms with Crippen molar-refractivity contribution < 1.29 is 23.6 Å². The molecule has 1 unspecified atom stereocenters. The van der Waals surface area contributed by atoms with Crippen molar-refractivity contribution in [2.24, 2.45) is 0 Å². The predicted octanol–water partition coefficient (Wildman–Crippen LogP) is 1.46. The Morgan fingerprint density at radius 2 is 2.03 bits per heavy atom. The van der Waals surface area contributed by atoms with Gasteiger partial charge in [-0.25, -0.2) is 9.46 Å². The summed E-state index contributed by atoms with van der Waals surface area (Å²) in [6.45, 7) is 2.64. The lowest BCUT2D eigenvalue weighted by molar-refractivity contribution is -0.0625. The smallest absolute Gasteiger partial charge is 0.330 e. The third-order valence-electron chi connectivity index (χ3n) is 6.76. The van der Waals surface area contributed by atoms with Crippen LogP contribution in [-0.4, -0.2) is 63.9 Å². The van der Waals surface area contributed by atoms with E-state index in [1.54, 1.807) is 0 Å². The summed E-state index contributed by atoms with van der Waals surface area (Å²) in [7, 11) is 0.0469. The molecule has 1 aromatic heterocycles. The average molecular weight is 477 g/mol. The van der Waals surface area contributed by atoms with E-state index in [-0.39, 0.29) is 12.6 Å². The zero-order chi connectivity index (χ0) is 23.2. The molecule has 4 heterocycles.